The molecular formula is C30H30FN3O5. The lowest BCUT2D eigenvalue weighted by Gasteiger charge is -2.26. The van der Waals surface area contributed by atoms with Gasteiger partial charge in [0.05, 0.1) is 37.5 Å². The maximum absolute atomic E-state index is 15.1. The van der Waals surface area contributed by atoms with Crippen molar-refractivity contribution in [2.45, 2.75) is 31.0 Å². The number of aliphatic hydroxyl groups is 1. The van der Waals surface area contributed by atoms with Crippen molar-refractivity contribution in [3.63, 3.8) is 0 Å². The summed E-state index contributed by atoms with van der Waals surface area (Å²) in [5.74, 6) is 0.0448. The van der Waals surface area contributed by atoms with E-state index in [4.69, 9.17) is 18.9 Å². The minimum Gasteiger partial charge on any atom is -0.470 e. The summed E-state index contributed by atoms with van der Waals surface area (Å²) in [6.07, 6.45) is -1.70. The molecule has 2 N–H and O–H groups in total. The first-order chi connectivity index (χ1) is 19.1. The van der Waals surface area contributed by atoms with Gasteiger partial charge in [-0.15, -0.1) is 0 Å². The molecule has 0 amide bonds. The van der Waals surface area contributed by atoms with E-state index in [9.17, 15) is 5.11 Å². The van der Waals surface area contributed by atoms with Gasteiger partial charge in [0, 0.05) is 37.3 Å². The summed E-state index contributed by atoms with van der Waals surface area (Å²) in [7, 11) is 0. The molecule has 7 rings (SSSR count). The van der Waals surface area contributed by atoms with E-state index in [1.165, 1.54) is 11.6 Å². The molecular weight excluding hydrogens is 501 g/mol. The maximum Gasteiger partial charge on any atom is 0.193 e. The standard InChI is InChI=1S/C30H30FN3O5/c31-22-13-23-24(14-27(32-23)39-26-17-38-29-25(35)16-37-30(26)29)33-28(22)21-7-5-20(6-8-21)19-3-1-18(2-4-19)15-34-9-11-36-12-10-34/h1-8,13-14,25-26,29-30,32,35H,9-12,15-17H2/t25-,26-,29-,30-/m1/s1. The first-order valence-electron chi connectivity index (χ1n) is 13.4. The Morgan fingerprint density at radius 3 is 2.38 bits per heavy atom. The molecule has 0 radical (unpaired) electrons. The minimum absolute atomic E-state index is 0.233. The van der Waals surface area contributed by atoms with E-state index >= 15 is 4.39 Å². The molecule has 4 atom stereocenters. The molecule has 0 aliphatic carbocycles. The lowest BCUT2D eigenvalue weighted by Crippen LogP contribution is -2.35. The van der Waals surface area contributed by atoms with Gasteiger partial charge >= 0.3 is 0 Å². The molecule has 3 saturated heterocycles. The second kappa shape index (κ2) is 10.3. The van der Waals surface area contributed by atoms with Crippen LogP contribution in [0.25, 0.3) is 33.4 Å². The lowest BCUT2D eigenvalue weighted by atomic mass is 10.0. The van der Waals surface area contributed by atoms with E-state index in [1.54, 1.807) is 6.07 Å². The van der Waals surface area contributed by atoms with Crippen molar-refractivity contribution in [3.8, 4) is 28.3 Å². The number of hydrogen-bond acceptors (Lipinski definition) is 7. The number of aromatic amines is 1. The average molecular weight is 532 g/mol. The van der Waals surface area contributed by atoms with Crippen LogP contribution in [0, 0.1) is 5.82 Å². The summed E-state index contributed by atoms with van der Waals surface area (Å²) in [6.45, 7) is 5.00. The Bertz CT molecular complexity index is 1450. The monoisotopic (exact) mass is 531 g/mol. The molecule has 202 valence electrons. The highest BCUT2D eigenvalue weighted by molar-refractivity contribution is 5.81. The fourth-order valence-corrected chi connectivity index (χ4v) is 5.62. The molecule has 0 bridgehead atoms. The summed E-state index contributed by atoms with van der Waals surface area (Å²) in [5.41, 5.74) is 5.58. The fourth-order valence-electron chi connectivity index (χ4n) is 5.62. The molecule has 0 spiro atoms. The quantitative estimate of drug-likeness (QED) is 0.392. The van der Waals surface area contributed by atoms with Crippen molar-refractivity contribution in [3.05, 3.63) is 72.0 Å². The molecule has 4 aromatic rings. The molecule has 9 heteroatoms. The predicted octanol–water partition coefficient (Wildman–Crippen LogP) is 3.77. The molecule has 0 unspecified atom stereocenters. The number of fused-ring (bicyclic) bond motifs is 2. The number of morpholine rings is 1. The van der Waals surface area contributed by atoms with Gasteiger partial charge in [-0.1, -0.05) is 48.5 Å². The highest BCUT2D eigenvalue weighted by Crippen LogP contribution is 2.32. The third-order valence-corrected chi connectivity index (χ3v) is 7.75. The Balaban J connectivity index is 1.06. The molecule has 2 aromatic carbocycles. The van der Waals surface area contributed by atoms with Gasteiger partial charge in [0.15, 0.2) is 17.8 Å². The number of pyridine rings is 1. The van der Waals surface area contributed by atoms with Gasteiger partial charge in [-0.3, -0.25) is 4.90 Å². The van der Waals surface area contributed by atoms with Crippen LogP contribution in [-0.2, 0) is 20.8 Å². The molecule has 0 saturated carbocycles. The van der Waals surface area contributed by atoms with Crippen molar-refractivity contribution in [1.29, 1.82) is 0 Å². The number of halogens is 1. The molecule has 3 aliphatic rings. The van der Waals surface area contributed by atoms with E-state index in [1.807, 2.05) is 24.3 Å². The van der Waals surface area contributed by atoms with Gasteiger partial charge < -0.3 is 29.0 Å². The molecule has 3 fully saturated rings. The summed E-state index contributed by atoms with van der Waals surface area (Å²) in [6, 6.07) is 19.6. The molecule has 5 heterocycles. The van der Waals surface area contributed by atoms with Gasteiger partial charge in [0.1, 0.15) is 24.0 Å². The maximum atomic E-state index is 15.1. The largest absolute Gasteiger partial charge is 0.470 e. The van der Waals surface area contributed by atoms with Crippen LogP contribution in [0.1, 0.15) is 5.56 Å². The van der Waals surface area contributed by atoms with Gasteiger partial charge in [0.2, 0.25) is 0 Å². The summed E-state index contributed by atoms with van der Waals surface area (Å²) in [4.78, 5) is 10.1. The smallest absolute Gasteiger partial charge is 0.193 e. The molecule has 2 aromatic heterocycles. The molecule has 8 nitrogen and oxygen atoms in total. The Morgan fingerprint density at radius 2 is 1.62 bits per heavy atom. The van der Waals surface area contributed by atoms with Crippen LogP contribution in [0.3, 0.4) is 0 Å². The van der Waals surface area contributed by atoms with Gasteiger partial charge in [-0.25, -0.2) is 9.37 Å². The minimum atomic E-state index is -0.643. The normalized spacial score (nSPS) is 25.3. The zero-order chi connectivity index (χ0) is 26.3. The third kappa shape index (κ3) is 4.92. The molecule has 39 heavy (non-hydrogen) atoms. The number of hydrogen-bond donors (Lipinski definition) is 2. The van der Waals surface area contributed by atoms with Crippen molar-refractivity contribution in [2.75, 3.05) is 39.5 Å². The highest BCUT2D eigenvalue weighted by atomic mass is 19.1. The van der Waals surface area contributed by atoms with E-state index in [-0.39, 0.29) is 30.6 Å². The van der Waals surface area contributed by atoms with E-state index in [2.05, 4.69) is 39.1 Å². The van der Waals surface area contributed by atoms with Gasteiger partial charge in [-0.2, -0.15) is 0 Å². The number of aliphatic hydroxyl groups excluding tert-OH is 1. The average Bonchev–Trinajstić information content (AvgIpc) is 3.66. The highest BCUT2D eigenvalue weighted by Gasteiger charge is 2.48. The number of aromatic nitrogens is 2. The number of ether oxygens (including phenoxy) is 4. The van der Waals surface area contributed by atoms with Crippen LogP contribution in [0.15, 0.2) is 60.7 Å². The number of nitrogens with one attached hydrogen (secondary N) is 1. The van der Waals surface area contributed by atoms with E-state index in [0.29, 0.717) is 29.1 Å². The van der Waals surface area contributed by atoms with Crippen LogP contribution in [0.5, 0.6) is 5.88 Å². The summed E-state index contributed by atoms with van der Waals surface area (Å²) in [5, 5.41) is 9.94. The zero-order valence-electron chi connectivity index (χ0n) is 21.4. The van der Waals surface area contributed by atoms with Gasteiger partial charge in [-0.05, 0) is 16.7 Å². The first kappa shape index (κ1) is 24.7. The fraction of sp³-hybridized carbons (Fsp3) is 0.367. The number of H-pyrrole nitrogens is 1. The number of rotatable bonds is 6. The van der Waals surface area contributed by atoms with Crippen LogP contribution < -0.4 is 4.74 Å². The Hall–Kier alpha value is -3.34. The summed E-state index contributed by atoms with van der Waals surface area (Å²) < 4.78 is 37.8. The van der Waals surface area contributed by atoms with Crippen LogP contribution in [0.2, 0.25) is 0 Å². The van der Waals surface area contributed by atoms with Crippen molar-refractivity contribution < 1.29 is 28.4 Å². The van der Waals surface area contributed by atoms with E-state index in [0.717, 1.165) is 44.0 Å². The van der Waals surface area contributed by atoms with Crippen molar-refractivity contribution in [2.24, 2.45) is 0 Å². The number of nitrogens with zero attached hydrogens (tertiary/aromatic N) is 2. The zero-order valence-corrected chi connectivity index (χ0v) is 21.4. The second-order valence-electron chi connectivity index (χ2n) is 10.4. The Kier molecular flexibility index (Phi) is 6.54. The number of benzene rings is 2. The summed E-state index contributed by atoms with van der Waals surface area (Å²) >= 11 is 0. The van der Waals surface area contributed by atoms with E-state index < -0.39 is 11.9 Å². The van der Waals surface area contributed by atoms with Crippen LogP contribution in [-0.4, -0.2) is 83.9 Å². The van der Waals surface area contributed by atoms with Gasteiger partial charge in [0.25, 0.3) is 0 Å². The van der Waals surface area contributed by atoms with Crippen molar-refractivity contribution in [1.82, 2.24) is 14.9 Å². The van der Waals surface area contributed by atoms with Crippen LogP contribution in [0.4, 0.5) is 4.39 Å². The molecule has 3 aliphatic heterocycles. The first-order valence-corrected chi connectivity index (χ1v) is 13.4. The third-order valence-electron chi connectivity index (χ3n) is 7.75. The topological polar surface area (TPSA) is 89.1 Å². The second-order valence-corrected chi connectivity index (χ2v) is 10.4. The Labute approximate surface area is 225 Å². The predicted molar refractivity (Wildman–Crippen MR) is 143 cm³/mol. The SMILES string of the molecule is O[C@@H]1CO[C@H]2[C@@H]1OC[C@H]2Oc1cc2nc(-c3ccc(-c4ccc(CN5CCOCC5)cc4)cc3)c(F)cc2[nH]1. The Morgan fingerprint density at radius 1 is 0.923 bits per heavy atom. The van der Waals surface area contributed by atoms with Crippen molar-refractivity contribution >= 4 is 11.0 Å². The lowest BCUT2D eigenvalue weighted by molar-refractivity contribution is 0.00794. The van der Waals surface area contributed by atoms with Crippen LogP contribution >= 0.6 is 0 Å².